The average Bonchev–Trinajstić information content (AvgIpc) is 3.21. The largest absolute Gasteiger partial charge is 0.497 e. The monoisotopic (exact) mass is 463 g/mol. The van der Waals surface area contributed by atoms with E-state index >= 15 is 0 Å². The highest BCUT2D eigenvalue weighted by molar-refractivity contribution is 7.71. The van der Waals surface area contributed by atoms with Crippen LogP contribution in [0.5, 0.6) is 5.75 Å². The van der Waals surface area contributed by atoms with Crippen molar-refractivity contribution in [2.75, 3.05) is 38.2 Å². The Hall–Kier alpha value is -2.64. The molecule has 5 rings (SSSR count). The van der Waals surface area contributed by atoms with Gasteiger partial charge < -0.3 is 9.64 Å². The molecule has 0 radical (unpaired) electrons. The zero-order chi connectivity index (χ0) is 22.6. The van der Waals surface area contributed by atoms with E-state index in [1.807, 2.05) is 16.8 Å². The molecular weight excluding hydrogens is 430 g/mol. The molecule has 3 aromatic rings. The lowest BCUT2D eigenvalue weighted by Crippen LogP contribution is -2.47. The summed E-state index contributed by atoms with van der Waals surface area (Å²) in [7, 11) is 1.70. The van der Waals surface area contributed by atoms with Gasteiger partial charge in [-0.15, -0.1) is 0 Å². The molecule has 0 N–H and O–H groups in total. The summed E-state index contributed by atoms with van der Waals surface area (Å²) in [6, 6.07) is 19.3. The maximum Gasteiger partial charge on any atom is 0.199 e. The van der Waals surface area contributed by atoms with Crippen LogP contribution >= 0.6 is 12.2 Å². The Kier molecular flexibility index (Phi) is 6.78. The summed E-state index contributed by atoms with van der Waals surface area (Å²) >= 11 is 6.01. The fraction of sp³-hybridized carbons (Fsp3) is 0.462. The van der Waals surface area contributed by atoms with Gasteiger partial charge in [0.2, 0.25) is 0 Å². The number of piperazine rings is 1. The van der Waals surface area contributed by atoms with Gasteiger partial charge in [0.1, 0.15) is 5.75 Å². The molecule has 1 saturated heterocycles. The van der Waals surface area contributed by atoms with Crippen molar-refractivity contribution in [2.24, 2.45) is 0 Å². The molecule has 1 aliphatic heterocycles. The second-order valence-corrected chi connectivity index (χ2v) is 9.44. The molecule has 0 bridgehead atoms. The first-order valence-electron chi connectivity index (χ1n) is 12.1. The molecule has 1 saturated carbocycles. The van der Waals surface area contributed by atoms with Crippen LogP contribution in [0.2, 0.25) is 0 Å². The topological polar surface area (TPSA) is 38.5 Å². The van der Waals surface area contributed by atoms with Crippen LogP contribution in [0.25, 0.3) is 11.4 Å². The van der Waals surface area contributed by atoms with Crippen molar-refractivity contribution in [3.63, 3.8) is 0 Å². The van der Waals surface area contributed by atoms with Crippen LogP contribution in [0, 0.1) is 4.77 Å². The first kappa shape index (κ1) is 22.2. The molecule has 2 heterocycles. The Labute approximate surface area is 201 Å². The quantitative estimate of drug-likeness (QED) is 0.459. The Morgan fingerprint density at radius 3 is 2.27 bits per heavy atom. The molecule has 1 aromatic heterocycles. The van der Waals surface area contributed by atoms with Gasteiger partial charge in [-0.25, -0.2) is 4.68 Å². The number of methoxy groups -OCH3 is 1. The minimum absolute atomic E-state index is 0.437. The van der Waals surface area contributed by atoms with E-state index in [2.05, 4.69) is 56.8 Å². The van der Waals surface area contributed by atoms with Crippen LogP contribution in [-0.2, 0) is 6.67 Å². The molecule has 6 nitrogen and oxygen atoms in total. The van der Waals surface area contributed by atoms with Gasteiger partial charge in [-0.2, -0.15) is 5.10 Å². The Morgan fingerprint density at radius 1 is 0.909 bits per heavy atom. The van der Waals surface area contributed by atoms with Gasteiger partial charge in [-0.1, -0.05) is 37.5 Å². The van der Waals surface area contributed by atoms with Crippen molar-refractivity contribution in [3.05, 3.63) is 59.4 Å². The lowest BCUT2D eigenvalue weighted by atomic mass is 9.95. The van der Waals surface area contributed by atoms with Crippen molar-refractivity contribution >= 4 is 17.9 Å². The van der Waals surface area contributed by atoms with Crippen LogP contribution < -0.4 is 9.64 Å². The molecule has 0 unspecified atom stereocenters. The van der Waals surface area contributed by atoms with Crippen LogP contribution in [-0.4, -0.2) is 52.5 Å². The van der Waals surface area contributed by atoms with E-state index in [0.717, 1.165) is 54.8 Å². The molecular formula is C26H33N5OS. The van der Waals surface area contributed by atoms with Crippen molar-refractivity contribution in [2.45, 2.75) is 44.8 Å². The summed E-state index contributed by atoms with van der Waals surface area (Å²) in [5.74, 6) is 1.84. The minimum atomic E-state index is 0.437. The van der Waals surface area contributed by atoms with Gasteiger partial charge in [0, 0.05) is 43.5 Å². The number of benzene rings is 2. The fourth-order valence-electron chi connectivity index (χ4n) is 5.09. The summed E-state index contributed by atoms with van der Waals surface area (Å²) < 4.78 is 10.6. The Morgan fingerprint density at radius 2 is 1.61 bits per heavy atom. The van der Waals surface area contributed by atoms with E-state index in [1.165, 1.54) is 37.8 Å². The van der Waals surface area contributed by atoms with Gasteiger partial charge in [-0.05, 0) is 61.5 Å². The first-order chi connectivity index (χ1) is 16.2. The molecule has 2 fully saturated rings. The van der Waals surface area contributed by atoms with Crippen LogP contribution in [0.1, 0.15) is 38.1 Å². The number of nitrogens with zero attached hydrogens (tertiary/aromatic N) is 5. The SMILES string of the molecule is COc1ccc(-c2nn(CN3CCN(c4ccccc4)CC3)c(=S)n2C2CCCCC2)cc1. The number of hydrogen-bond donors (Lipinski definition) is 0. The lowest BCUT2D eigenvalue weighted by molar-refractivity contribution is 0.193. The number of anilines is 1. The van der Waals surface area contributed by atoms with Crippen LogP contribution in [0.3, 0.4) is 0 Å². The number of para-hydroxylation sites is 1. The summed E-state index contributed by atoms with van der Waals surface area (Å²) in [5.41, 5.74) is 2.40. The molecule has 2 aromatic carbocycles. The third kappa shape index (κ3) is 4.84. The maximum atomic E-state index is 6.01. The zero-order valence-electron chi connectivity index (χ0n) is 19.4. The van der Waals surface area contributed by atoms with Gasteiger partial charge in [0.15, 0.2) is 10.6 Å². The number of aromatic nitrogens is 3. The van der Waals surface area contributed by atoms with E-state index in [1.54, 1.807) is 7.11 Å². The van der Waals surface area contributed by atoms with Crippen molar-refractivity contribution in [1.82, 2.24) is 19.2 Å². The van der Waals surface area contributed by atoms with E-state index in [9.17, 15) is 0 Å². The third-order valence-electron chi connectivity index (χ3n) is 6.99. The van der Waals surface area contributed by atoms with Gasteiger partial charge in [-0.3, -0.25) is 9.47 Å². The number of hydrogen-bond acceptors (Lipinski definition) is 5. The van der Waals surface area contributed by atoms with E-state index < -0.39 is 0 Å². The summed E-state index contributed by atoms with van der Waals surface area (Å²) in [6.07, 6.45) is 6.21. The predicted octanol–water partition coefficient (Wildman–Crippen LogP) is 5.37. The molecule has 2 aliphatic rings. The second-order valence-electron chi connectivity index (χ2n) is 9.08. The van der Waals surface area contributed by atoms with Gasteiger partial charge in [0.25, 0.3) is 0 Å². The summed E-state index contributed by atoms with van der Waals surface area (Å²) in [4.78, 5) is 4.92. The first-order valence-corrected chi connectivity index (χ1v) is 12.5. The summed E-state index contributed by atoms with van der Waals surface area (Å²) in [6.45, 7) is 4.79. The van der Waals surface area contributed by atoms with E-state index in [4.69, 9.17) is 22.1 Å². The van der Waals surface area contributed by atoms with E-state index in [0.29, 0.717) is 6.04 Å². The smallest absolute Gasteiger partial charge is 0.199 e. The molecule has 1 aliphatic carbocycles. The number of rotatable bonds is 6. The number of ether oxygens (including phenoxy) is 1. The Bertz CT molecular complexity index is 1090. The van der Waals surface area contributed by atoms with Crippen LogP contribution in [0.4, 0.5) is 5.69 Å². The highest BCUT2D eigenvalue weighted by Crippen LogP contribution is 2.33. The molecule has 0 spiro atoms. The van der Waals surface area contributed by atoms with E-state index in [-0.39, 0.29) is 0 Å². The predicted molar refractivity (Wildman–Crippen MR) is 135 cm³/mol. The zero-order valence-corrected chi connectivity index (χ0v) is 20.2. The normalized spacial score (nSPS) is 17.9. The molecule has 174 valence electrons. The second kappa shape index (κ2) is 10.1. The molecule has 33 heavy (non-hydrogen) atoms. The van der Waals surface area contributed by atoms with Crippen molar-refractivity contribution in [1.29, 1.82) is 0 Å². The molecule has 0 atom stereocenters. The highest BCUT2D eigenvalue weighted by atomic mass is 32.1. The highest BCUT2D eigenvalue weighted by Gasteiger charge is 2.24. The van der Waals surface area contributed by atoms with Gasteiger partial charge >= 0.3 is 0 Å². The van der Waals surface area contributed by atoms with Crippen molar-refractivity contribution in [3.8, 4) is 17.1 Å². The Balaban J connectivity index is 1.37. The fourth-order valence-corrected chi connectivity index (χ4v) is 5.43. The lowest BCUT2D eigenvalue weighted by Gasteiger charge is -2.35. The van der Waals surface area contributed by atoms with Crippen molar-refractivity contribution < 1.29 is 4.74 Å². The molecule has 7 heteroatoms. The maximum absolute atomic E-state index is 6.01. The standard InChI is InChI=1S/C26H33N5OS/c1-32-24-14-12-21(13-15-24)25-27-30(26(33)31(25)23-10-6-3-7-11-23)20-28-16-18-29(19-17-28)22-8-4-2-5-9-22/h2,4-5,8-9,12-15,23H,3,6-7,10-11,16-20H2,1H3. The van der Waals surface area contributed by atoms with Crippen LogP contribution in [0.15, 0.2) is 54.6 Å². The average molecular weight is 464 g/mol. The third-order valence-corrected chi connectivity index (χ3v) is 7.39. The minimum Gasteiger partial charge on any atom is -0.497 e. The molecule has 0 amide bonds. The summed E-state index contributed by atoms with van der Waals surface area (Å²) in [5, 5.41) is 5.06. The van der Waals surface area contributed by atoms with Gasteiger partial charge in [0.05, 0.1) is 13.8 Å².